The van der Waals surface area contributed by atoms with E-state index in [0.29, 0.717) is 30.2 Å². The summed E-state index contributed by atoms with van der Waals surface area (Å²) in [6.45, 7) is -2.12. The topological polar surface area (TPSA) is 234 Å². The summed E-state index contributed by atoms with van der Waals surface area (Å²) in [7, 11) is -0.236. The largest absolute Gasteiger partial charge is 0.497 e. The fraction of sp³-hybridized carbons (Fsp3) is 0.378. The molecule has 6 aromatic rings. The lowest BCUT2D eigenvalue weighted by atomic mass is 9.80. The quantitative estimate of drug-likeness (QED) is 0.0436. The van der Waals surface area contributed by atoms with Crippen LogP contribution >= 0.6 is 15.0 Å². The molecule has 0 bridgehead atoms. The van der Waals surface area contributed by atoms with Crippen LogP contribution in [0.2, 0.25) is 0 Å². The maximum atomic E-state index is 12.5. The smallest absolute Gasteiger partial charge is 0.327 e. The van der Waals surface area contributed by atoms with Crippen LogP contribution in [0.3, 0.4) is 0 Å². The maximum Gasteiger partial charge on any atom is 0.327 e. The van der Waals surface area contributed by atoms with Crippen molar-refractivity contribution in [3.05, 3.63) is 137 Å². The highest BCUT2D eigenvalue weighted by Gasteiger charge is 2.48. The number of nitrogens with zero attached hydrogens (tertiary/aromatic N) is 6. The molecular weight excluding hydrogens is 925 g/mol. The normalized spacial score (nSPS) is 23.1. The lowest BCUT2D eigenvalue weighted by molar-refractivity contribution is -0.0485. The lowest BCUT2D eigenvalue weighted by Crippen LogP contribution is -2.36. The number of aromatic nitrogens is 6. The number of hydrogen-bond donors (Lipinski definition) is 2. The van der Waals surface area contributed by atoms with E-state index in [1.165, 1.54) is 23.5 Å². The number of ether oxygens (including phenoxy) is 5. The van der Waals surface area contributed by atoms with Crippen LogP contribution < -0.4 is 19.8 Å². The van der Waals surface area contributed by atoms with Gasteiger partial charge < -0.3 is 51.7 Å². The van der Waals surface area contributed by atoms with Gasteiger partial charge in [0.25, 0.3) is 5.56 Å². The van der Waals surface area contributed by atoms with Gasteiger partial charge >= 0.3 is 15.0 Å². The number of aromatic amines is 1. The van der Waals surface area contributed by atoms with Crippen LogP contribution in [0.25, 0.3) is 11.2 Å². The Labute approximate surface area is 391 Å². The van der Waals surface area contributed by atoms with Gasteiger partial charge in [-0.05, 0) is 59.2 Å². The van der Waals surface area contributed by atoms with Gasteiger partial charge in [0.2, 0.25) is 5.88 Å². The van der Waals surface area contributed by atoms with E-state index in [2.05, 4.69) is 31.0 Å². The average Bonchev–Trinajstić information content (AvgIpc) is 4.04. The zero-order valence-corrected chi connectivity index (χ0v) is 39.4. The molecule has 9 atom stereocenters. The van der Waals surface area contributed by atoms with Gasteiger partial charge in [0.05, 0.1) is 71.4 Å². The molecule has 1 aliphatic carbocycles. The minimum atomic E-state index is -3.74. The fourth-order valence-electron chi connectivity index (χ4n) is 8.49. The molecule has 2 fully saturated rings. The van der Waals surface area contributed by atoms with Crippen LogP contribution in [0.1, 0.15) is 49.1 Å². The van der Waals surface area contributed by atoms with Crippen LogP contribution in [0.4, 0.5) is 0 Å². The summed E-state index contributed by atoms with van der Waals surface area (Å²) in [5.74, 6) is 0.814. The minimum absolute atomic E-state index is 0.00399. The van der Waals surface area contributed by atoms with E-state index in [-0.39, 0.29) is 43.3 Å². The molecule has 352 valence electrons. The second kappa shape index (κ2) is 21.7. The van der Waals surface area contributed by atoms with Crippen LogP contribution in [0.5, 0.6) is 17.4 Å². The molecule has 67 heavy (non-hydrogen) atoms. The van der Waals surface area contributed by atoms with Crippen molar-refractivity contribution in [2.75, 3.05) is 34.0 Å². The predicted octanol–water partition coefficient (Wildman–Crippen LogP) is 6.65. The second-order valence-corrected chi connectivity index (χ2v) is 19.5. The third kappa shape index (κ3) is 10.8. The Morgan fingerprint density at radius 2 is 1.66 bits per heavy atom. The average molecular weight is 974 g/mol. The van der Waals surface area contributed by atoms with Crippen LogP contribution in [0, 0.1) is 23.2 Å². The van der Waals surface area contributed by atoms with E-state index < -0.39 is 62.7 Å². The molecule has 22 heteroatoms. The molecule has 0 spiro atoms. The van der Waals surface area contributed by atoms with Gasteiger partial charge in [-0.1, -0.05) is 61.5 Å². The second-order valence-electron chi connectivity index (χ2n) is 15.8. The van der Waals surface area contributed by atoms with E-state index in [4.69, 9.17) is 53.6 Å². The monoisotopic (exact) mass is 973 g/mol. The molecule has 19 nitrogen and oxygen atoms in total. The molecule has 0 amide bonds. The zero-order chi connectivity index (χ0) is 47.0. The fourth-order valence-corrected chi connectivity index (χ4v) is 11.2. The molecule has 2 N–H and O–H groups in total. The van der Waals surface area contributed by atoms with Crippen molar-refractivity contribution in [3.8, 4) is 23.4 Å². The summed E-state index contributed by atoms with van der Waals surface area (Å²) < 4.78 is 69.9. The van der Waals surface area contributed by atoms with Crippen molar-refractivity contribution in [2.45, 2.75) is 62.4 Å². The van der Waals surface area contributed by atoms with Gasteiger partial charge in [0.1, 0.15) is 35.6 Å². The number of rotatable bonds is 21. The van der Waals surface area contributed by atoms with Gasteiger partial charge in [-0.15, -0.1) is 0 Å². The molecule has 4 heterocycles. The maximum absolute atomic E-state index is 12.5. The van der Waals surface area contributed by atoms with Gasteiger partial charge in [0, 0.05) is 30.5 Å². The molecular formula is C45H49N7O12P2S. The molecule has 3 aromatic carbocycles. The summed E-state index contributed by atoms with van der Waals surface area (Å²) in [6, 6.07) is 29.2. The van der Waals surface area contributed by atoms with Crippen LogP contribution in [-0.4, -0.2) is 92.8 Å². The molecule has 0 radical (unpaired) electrons. The Morgan fingerprint density at radius 3 is 2.30 bits per heavy atom. The van der Waals surface area contributed by atoms with Gasteiger partial charge in [-0.3, -0.25) is 13.9 Å². The number of benzene rings is 3. The lowest BCUT2D eigenvalue weighted by Gasteiger charge is -2.38. The molecule has 2 aliphatic rings. The molecule has 2 unspecified atom stereocenters. The van der Waals surface area contributed by atoms with Crippen molar-refractivity contribution < 1.29 is 51.2 Å². The number of fused-ring (bicyclic) bond motifs is 1. The summed E-state index contributed by atoms with van der Waals surface area (Å²) >= 11 is 6.14. The first-order valence-corrected chi connectivity index (χ1v) is 25.2. The molecule has 1 saturated carbocycles. The number of hydrogen-bond acceptors (Lipinski definition) is 17. The van der Waals surface area contributed by atoms with Crippen LogP contribution in [0.15, 0.2) is 115 Å². The van der Waals surface area contributed by atoms with Crippen LogP contribution in [-0.2, 0) is 49.5 Å². The number of H-pyrrole nitrogens is 1. The van der Waals surface area contributed by atoms with Gasteiger partial charge in [0.15, 0.2) is 17.4 Å². The number of imidazole rings is 1. The highest BCUT2D eigenvalue weighted by atomic mass is 32.5. The Bertz CT molecular complexity index is 2700. The first-order chi connectivity index (χ1) is 32.5. The summed E-state index contributed by atoms with van der Waals surface area (Å²) in [5.41, 5.74) is 1.16. The molecule has 1 aliphatic heterocycles. The van der Waals surface area contributed by atoms with Gasteiger partial charge in [-0.25, -0.2) is 19.9 Å². The SMILES string of the molecule is COc1ccc(C(OC[C@H]2C[C@@H](Oc3ccncn3)C[C@@H]2OP(=S)(OCCC#N)OC[C@H]2O[C@@H](n3cnc4c(=O)[nH]cnc43)[C@H](O[PH](=O)O)[C@@H]2C)(c2ccccc2)c2ccc(OC)cc2)cc1. The standard InChI is InChI=1S/C45H49N7O12P2S/c1-29-38(62-44(41(29)63-65(54)55)52-28-51-40-42(52)49-27-50-43(40)53)25-60-66(67,59-21-7-19-46)64-37-23-36(61-39-18-20-47-26-48-39)22-30(37)24-58-45(31-8-5-4-6-9-31,32-10-14-34(56-2)15-11-32)33-12-16-35(57-3)17-13-33/h4-6,8-18,20,26-30,36-38,41,44,65H,7,21-25H2,1-3H3,(H,54,55)(H,49,50,53)/t29-,30-,36-,37+,38-,41-,44-,66?/m1/s1. The van der Waals surface area contributed by atoms with E-state index in [9.17, 15) is 19.5 Å². The predicted molar refractivity (Wildman–Crippen MR) is 246 cm³/mol. The van der Waals surface area contributed by atoms with E-state index in [1.807, 2.05) is 78.9 Å². The van der Waals surface area contributed by atoms with Gasteiger partial charge in [-0.2, -0.15) is 5.26 Å². The Balaban J connectivity index is 1.10. The van der Waals surface area contributed by atoms with Crippen molar-refractivity contribution in [1.29, 1.82) is 5.26 Å². The number of nitriles is 1. The Hall–Kier alpha value is -5.42. The summed E-state index contributed by atoms with van der Waals surface area (Å²) in [4.78, 5) is 41.7. The summed E-state index contributed by atoms with van der Waals surface area (Å²) in [5, 5.41) is 9.50. The first kappa shape index (κ1) is 48.1. The third-order valence-electron chi connectivity index (χ3n) is 11.8. The third-order valence-corrected chi connectivity index (χ3v) is 14.7. The highest BCUT2D eigenvalue weighted by molar-refractivity contribution is 8.07. The highest BCUT2D eigenvalue weighted by Crippen LogP contribution is 2.55. The van der Waals surface area contributed by atoms with Crippen molar-refractivity contribution in [1.82, 2.24) is 29.5 Å². The van der Waals surface area contributed by atoms with E-state index in [0.717, 1.165) is 16.7 Å². The first-order valence-electron chi connectivity index (χ1n) is 21.3. The van der Waals surface area contributed by atoms with E-state index in [1.54, 1.807) is 33.4 Å². The van der Waals surface area contributed by atoms with E-state index >= 15 is 0 Å². The zero-order valence-electron chi connectivity index (χ0n) is 36.7. The number of methoxy groups -OCH3 is 2. The molecule has 3 aromatic heterocycles. The summed E-state index contributed by atoms with van der Waals surface area (Å²) in [6.07, 6.45) is 2.50. The molecule has 8 rings (SSSR count). The van der Waals surface area contributed by atoms with Crippen molar-refractivity contribution in [3.63, 3.8) is 0 Å². The minimum Gasteiger partial charge on any atom is -0.497 e. The Kier molecular flexibility index (Phi) is 15.6. The Morgan fingerprint density at radius 1 is 0.955 bits per heavy atom. The number of nitrogens with one attached hydrogen (secondary N) is 1. The van der Waals surface area contributed by atoms with Crippen molar-refractivity contribution in [2.24, 2.45) is 11.8 Å². The molecule has 1 saturated heterocycles. The van der Waals surface area contributed by atoms with Crippen molar-refractivity contribution >= 4 is 37.9 Å².